The number of likely N-dealkylation sites (tertiary alicyclic amines) is 1. The van der Waals surface area contributed by atoms with E-state index in [2.05, 4.69) is 20.9 Å². The average molecular weight is 388 g/mol. The lowest BCUT2D eigenvalue weighted by Gasteiger charge is -2.27. The third-order valence-corrected chi connectivity index (χ3v) is 5.21. The lowest BCUT2D eigenvalue weighted by Crippen LogP contribution is -2.41. The Bertz CT molecular complexity index is 801. The lowest BCUT2D eigenvalue weighted by molar-refractivity contribution is -0.384. The van der Waals surface area contributed by atoms with Gasteiger partial charge in [-0.2, -0.15) is 11.3 Å². The second kappa shape index (κ2) is 8.74. The van der Waals surface area contributed by atoms with Gasteiger partial charge >= 0.3 is 11.8 Å². The van der Waals surface area contributed by atoms with Gasteiger partial charge in [-0.05, 0) is 60.5 Å². The summed E-state index contributed by atoms with van der Waals surface area (Å²) in [6, 6.07) is 7.41. The van der Waals surface area contributed by atoms with Crippen molar-refractivity contribution in [2.24, 2.45) is 0 Å². The van der Waals surface area contributed by atoms with E-state index < -0.39 is 16.7 Å². The SMILES string of the molecule is O=C(NCC(c1ccsc1)N1CCCC1)C(=O)Nc1ccc([N+](=O)[O-])cc1. The number of hydrogen-bond donors (Lipinski definition) is 2. The minimum Gasteiger partial charge on any atom is -0.346 e. The van der Waals surface area contributed by atoms with Gasteiger partial charge in [0.05, 0.1) is 11.0 Å². The van der Waals surface area contributed by atoms with E-state index >= 15 is 0 Å². The van der Waals surface area contributed by atoms with Crippen molar-refractivity contribution >= 4 is 34.5 Å². The number of carbonyl (C=O) groups excluding carboxylic acids is 2. The normalized spacial score (nSPS) is 15.3. The van der Waals surface area contributed by atoms with Crippen LogP contribution in [0.15, 0.2) is 41.1 Å². The molecule has 1 atom stereocenters. The standard InChI is InChI=1S/C18H20N4O4S/c23-17(18(24)20-14-3-5-15(6-4-14)22(25)26)19-11-16(13-7-10-27-12-13)21-8-1-2-9-21/h3-7,10,12,16H,1-2,8-9,11H2,(H,19,23)(H,20,24). The molecule has 1 aromatic heterocycles. The van der Waals surface area contributed by atoms with Gasteiger partial charge in [0.2, 0.25) is 0 Å². The van der Waals surface area contributed by atoms with Crippen LogP contribution in [-0.4, -0.2) is 41.3 Å². The van der Waals surface area contributed by atoms with Crippen LogP contribution in [0.2, 0.25) is 0 Å². The summed E-state index contributed by atoms with van der Waals surface area (Å²) >= 11 is 1.61. The first kappa shape index (κ1) is 19.0. The molecular formula is C18H20N4O4S. The third-order valence-electron chi connectivity index (χ3n) is 4.51. The molecular weight excluding hydrogens is 368 g/mol. The molecule has 2 amide bonds. The van der Waals surface area contributed by atoms with Gasteiger partial charge in [-0.25, -0.2) is 0 Å². The summed E-state index contributed by atoms with van der Waals surface area (Å²) in [6.07, 6.45) is 2.27. The summed E-state index contributed by atoms with van der Waals surface area (Å²) in [7, 11) is 0. The lowest BCUT2D eigenvalue weighted by atomic mass is 10.1. The number of nitro groups is 1. The number of anilines is 1. The van der Waals surface area contributed by atoms with Crippen LogP contribution in [0, 0.1) is 10.1 Å². The van der Waals surface area contributed by atoms with E-state index in [1.54, 1.807) is 11.3 Å². The summed E-state index contributed by atoms with van der Waals surface area (Å²) in [5.74, 6) is -1.53. The van der Waals surface area contributed by atoms with Gasteiger partial charge in [-0.15, -0.1) is 0 Å². The summed E-state index contributed by atoms with van der Waals surface area (Å²) in [6.45, 7) is 2.31. The van der Waals surface area contributed by atoms with Crippen molar-refractivity contribution < 1.29 is 14.5 Å². The second-order valence-electron chi connectivity index (χ2n) is 6.28. The fraction of sp³-hybridized carbons (Fsp3) is 0.333. The van der Waals surface area contributed by atoms with Crippen LogP contribution in [0.5, 0.6) is 0 Å². The number of carbonyl (C=O) groups is 2. The number of non-ortho nitro benzene ring substituents is 1. The Kier molecular flexibility index (Phi) is 6.15. The van der Waals surface area contributed by atoms with E-state index in [-0.39, 0.29) is 11.7 Å². The van der Waals surface area contributed by atoms with Crippen LogP contribution in [0.3, 0.4) is 0 Å². The molecule has 2 aromatic rings. The monoisotopic (exact) mass is 388 g/mol. The highest BCUT2D eigenvalue weighted by atomic mass is 32.1. The third kappa shape index (κ3) is 4.89. The molecule has 2 heterocycles. The predicted octanol–water partition coefficient (Wildman–Crippen LogP) is 2.55. The van der Waals surface area contributed by atoms with Gasteiger partial charge < -0.3 is 10.6 Å². The Balaban J connectivity index is 1.56. The summed E-state index contributed by atoms with van der Waals surface area (Å²) < 4.78 is 0. The van der Waals surface area contributed by atoms with E-state index in [1.165, 1.54) is 24.3 Å². The molecule has 1 aliphatic heterocycles. The van der Waals surface area contributed by atoms with Crippen molar-refractivity contribution in [3.63, 3.8) is 0 Å². The van der Waals surface area contributed by atoms with Crippen LogP contribution in [0.1, 0.15) is 24.4 Å². The fourth-order valence-corrected chi connectivity index (χ4v) is 3.81. The molecule has 0 bridgehead atoms. The van der Waals surface area contributed by atoms with Gasteiger partial charge in [0, 0.05) is 24.4 Å². The fourth-order valence-electron chi connectivity index (χ4n) is 3.10. The highest BCUT2D eigenvalue weighted by molar-refractivity contribution is 7.08. The van der Waals surface area contributed by atoms with Gasteiger partial charge in [0.1, 0.15) is 0 Å². The first-order valence-electron chi connectivity index (χ1n) is 8.64. The molecule has 142 valence electrons. The van der Waals surface area contributed by atoms with Crippen molar-refractivity contribution in [1.29, 1.82) is 0 Å². The molecule has 1 unspecified atom stereocenters. The zero-order chi connectivity index (χ0) is 19.2. The summed E-state index contributed by atoms with van der Waals surface area (Å²) in [5.41, 5.74) is 1.38. The summed E-state index contributed by atoms with van der Waals surface area (Å²) in [4.78, 5) is 36.7. The zero-order valence-corrected chi connectivity index (χ0v) is 15.4. The van der Waals surface area contributed by atoms with E-state index in [4.69, 9.17) is 0 Å². The van der Waals surface area contributed by atoms with Crippen molar-refractivity contribution in [2.75, 3.05) is 25.0 Å². The molecule has 1 aliphatic rings. The first-order chi connectivity index (χ1) is 13.0. The molecule has 2 N–H and O–H groups in total. The topological polar surface area (TPSA) is 105 Å². The van der Waals surface area contributed by atoms with E-state index in [0.717, 1.165) is 31.5 Å². The first-order valence-corrected chi connectivity index (χ1v) is 9.58. The molecule has 27 heavy (non-hydrogen) atoms. The van der Waals surface area contributed by atoms with Crippen LogP contribution in [0.25, 0.3) is 0 Å². The maximum Gasteiger partial charge on any atom is 0.313 e. The molecule has 1 saturated heterocycles. The number of benzene rings is 1. The average Bonchev–Trinajstić information content (AvgIpc) is 3.36. The Hall–Kier alpha value is -2.78. The molecule has 0 aliphatic carbocycles. The van der Waals surface area contributed by atoms with Gasteiger partial charge in [0.25, 0.3) is 5.69 Å². The molecule has 0 spiro atoms. The van der Waals surface area contributed by atoms with Gasteiger partial charge in [-0.3, -0.25) is 24.6 Å². The largest absolute Gasteiger partial charge is 0.346 e. The molecule has 0 radical (unpaired) electrons. The molecule has 3 rings (SSSR count). The Morgan fingerprint density at radius 3 is 2.44 bits per heavy atom. The quantitative estimate of drug-likeness (QED) is 0.450. The van der Waals surface area contributed by atoms with Crippen LogP contribution < -0.4 is 10.6 Å². The number of nitrogens with one attached hydrogen (secondary N) is 2. The van der Waals surface area contributed by atoms with E-state index in [9.17, 15) is 19.7 Å². The van der Waals surface area contributed by atoms with E-state index in [0.29, 0.717) is 12.2 Å². The van der Waals surface area contributed by atoms with E-state index in [1.807, 2.05) is 11.4 Å². The van der Waals surface area contributed by atoms with Gasteiger partial charge in [0.15, 0.2) is 0 Å². The molecule has 9 heteroatoms. The highest BCUT2D eigenvalue weighted by Crippen LogP contribution is 2.26. The molecule has 0 saturated carbocycles. The molecule has 8 nitrogen and oxygen atoms in total. The van der Waals surface area contributed by atoms with Gasteiger partial charge in [-0.1, -0.05) is 0 Å². The Morgan fingerprint density at radius 1 is 1.15 bits per heavy atom. The minimum atomic E-state index is -0.797. The van der Waals surface area contributed by atoms with Crippen molar-refractivity contribution in [2.45, 2.75) is 18.9 Å². The summed E-state index contributed by atoms with van der Waals surface area (Å²) in [5, 5.41) is 19.9. The van der Waals surface area contributed by atoms with Crippen molar-refractivity contribution in [1.82, 2.24) is 10.2 Å². The number of rotatable bonds is 6. The number of nitro benzene ring substituents is 1. The Labute approximate surface area is 160 Å². The predicted molar refractivity (Wildman–Crippen MR) is 103 cm³/mol. The maximum absolute atomic E-state index is 12.2. The molecule has 1 fully saturated rings. The number of hydrogen-bond acceptors (Lipinski definition) is 6. The Morgan fingerprint density at radius 2 is 1.85 bits per heavy atom. The van der Waals surface area contributed by atoms with Crippen LogP contribution in [0.4, 0.5) is 11.4 Å². The highest BCUT2D eigenvalue weighted by Gasteiger charge is 2.25. The number of thiophene rings is 1. The van der Waals surface area contributed by atoms with Crippen molar-refractivity contribution in [3.05, 3.63) is 56.8 Å². The zero-order valence-electron chi connectivity index (χ0n) is 14.6. The number of amides is 2. The van der Waals surface area contributed by atoms with Crippen LogP contribution in [-0.2, 0) is 9.59 Å². The second-order valence-corrected chi connectivity index (χ2v) is 7.06. The minimum absolute atomic E-state index is 0.0508. The maximum atomic E-state index is 12.2. The van der Waals surface area contributed by atoms with Crippen LogP contribution >= 0.6 is 11.3 Å². The van der Waals surface area contributed by atoms with Crippen molar-refractivity contribution in [3.8, 4) is 0 Å². The molecule has 1 aromatic carbocycles. The number of nitrogens with zero attached hydrogens (tertiary/aromatic N) is 2. The smallest absolute Gasteiger partial charge is 0.313 e.